The third kappa shape index (κ3) is 4.69. The van der Waals surface area contributed by atoms with E-state index in [4.69, 9.17) is 5.73 Å². The van der Waals surface area contributed by atoms with Crippen molar-refractivity contribution in [1.82, 2.24) is 4.90 Å². The Hall–Kier alpha value is -0.620. The molecule has 1 fully saturated rings. The van der Waals surface area contributed by atoms with Crippen molar-refractivity contribution < 1.29 is 9.90 Å². The first-order valence-corrected chi connectivity index (χ1v) is 8.35. The number of halogens is 2. The molecule has 4 atom stereocenters. The molecule has 0 bridgehead atoms. The highest BCUT2D eigenvalue weighted by molar-refractivity contribution is 9.09. The minimum absolute atomic E-state index is 0. The summed E-state index contributed by atoms with van der Waals surface area (Å²) in [6.07, 6.45) is 1.23. The number of benzene rings is 1. The normalized spacial score (nSPS) is 28.2. The third-order valence-electron chi connectivity index (χ3n) is 4.35. The number of carboxylic acid groups (broad SMARTS) is 1. The first kappa shape index (κ1) is 19.4. The van der Waals surface area contributed by atoms with Crippen LogP contribution >= 0.6 is 28.3 Å². The van der Waals surface area contributed by atoms with Gasteiger partial charge in [-0.1, -0.05) is 53.2 Å². The Morgan fingerprint density at radius 3 is 2.55 bits per heavy atom. The summed E-state index contributed by atoms with van der Waals surface area (Å²) < 4.78 is 0. The zero-order valence-electron chi connectivity index (χ0n) is 12.7. The third-order valence-corrected chi connectivity index (χ3v) is 5.33. The van der Waals surface area contributed by atoms with E-state index in [0.717, 1.165) is 13.1 Å². The highest BCUT2D eigenvalue weighted by atomic mass is 79.9. The van der Waals surface area contributed by atoms with E-state index in [1.54, 1.807) is 0 Å². The van der Waals surface area contributed by atoms with Gasteiger partial charge in [0.1, 0.15) is 0 Å². The van der Waals surface area contributed by atoms with Crippen LogP contribution in [0.3, 0.4) is 0 Å². The Kier molecular flexibility index (Phi) is 7.83. The molecule has 4 unspecified atom stereocenters. The number of rotatable bonds is 5. The maximum absolute atomic E-state index is 11.3. The number of alkyl halides is 1. The molecule has 22 heavy (non-hydrogen) atoms. The summed E-state index contributed by atoms with van der Waals surface area (Å²) >= 11 is 3.57. The Morgan fingerprint density at radius 1 is 1.36 bits per heavy atom. The molecule has 2 rings (SSSR count). The SMILES string of the molecule is CCN(Cc1ccccc1)C1CC(C(=O)O)CC(Br)C1N.Cl. The first-order chi connectivity index (χ1) is 10.0. The summed E-state index contributed by atoms with van der Waals surface area (Å²) in [4.78, 5) is 13.7. The molecule has 124 valence electrons. The van der Waals surface area contributed by atoms with Crippen LogP contribution in [0.5, 0.6) is 0 Å². The standard InChI is InChI=1S/C16H23BrN2O2.ClH/c1-2-19(10-11-6-4-3-5-7-11)14-9-12(16(20)21)8-13(17)15(14)18;/h3-7,12-15H,2,8-10,18H2,1H3,(H,20,21);1H. The maximum Gasteiger partial charge on any atom is 0.306 e. The van der Waals surface area contributed by atoms with Crippen LogP contribution in [-0.4, -0.2) is 39.4 Å². The lowest BCUT2D eigenvalue weighted by molar-refractivity contribution is -0.143. The van der Waals surface area contributed by atoms with Gasteiger partial charge in [-0.05, 0) is 24.9 Å². The summed E-state index contributed by atoms with van der Waals surface area (Å²) in [6.45, 7) is 3.77. The minimum atomic E-state index is -0.716. The molecule has 0 radical (unpaired) electrons. The van der Waals surface area contributed by atoms with Gasteiger partial charge in [0.05, 0.1) is 5.92 Å². The first-order valence-electron chi connectivity index (χ1n) is 7.43. The molecule has 1 saturated carbocycles. The van der Waals surface area contributed by atoms with Crippen molar-refractivity contribution in [3.05, 3.63) is 35.9 Å². The molecule has 1 aliphatic carbocycles. The molecule has 0 saturated heterocycles. The number of hydrogen-bond acceptors (Lipinski definition) is 3. The second-order valence-electron chi connectivity index (χ2n) is 5.72. The number of likely N-dealkylation sites (N-methyl/N-ethyl adjacent to an activating group) is 1. The van der Waals surface area contributed by atoms with Crippen LogP contribution in [0.4, 0.5) is 0 Å². The van der Waals surface area contributed by atoms with Gasteiger partial charge < -0.3 is 10.8 Å². The molecule has 0 amide bonds. The van der Waals surface area contributed by atoms with Crippen molar-refractivity contribution in [3.63, 3.8) is 0 Å². The maximum atomic E-state index is 11.3. The van der Waals surface area contributed by atoms with Gasteiger partial charge in [0, 0.05) is 23.5 Å². The van der Waals surface area contributed by atoms with Crippen molar-refractivity contribution in [2.45, 2.75) is 43.2 Å². The smallest absolute Gasteiger partial charge is 0.306 e. The zero-order valence-corrected chi connectivity index (χ0v) is 15.1. The average Bonchev–Trinajstić information content (AvgIpc) is 2.48. The predicted molar refractivity (Wildman–Crippen MR) is 94.6 cm³/mol. The van der Waals surface area contributed by atoms with E-state index in [2.05, 4.69) is 39.9 Å². The van der Waals surface area contributed by atoms with E-state index in [0.29, 0.717) is 12.8 Å². The average molecular weight is 392 g/mol. The van der Waals surface area contributed by atoms with Crippen LogP contribution in [0.15, 0.2) is 30.3 Å². The second kappa shape index (κ2) is 8.87. The van der Waals surface area contributed by atoms with Gasteiger partial charge >= 0.3 is 5.97 Å². The van der Waals surface area contributed by atoms with Crippen LogP contribution in [0.2, 0.25) is 0 Å². The highest BCUT2D eigenvalue weighted by Crippen LogP contribution is 2.32. The molecule has 1 aliphatic rings. The largest absolute Gasteiger partial charge is 0.481 e. The Morgan fingerprint density at radius 2 is 2.00 bits per heavy atom. The van der Waals surface area contributed by atoms with E-state index in [9.17, 15) is 9.90 Å². The van der Waals surface area contributed by atoms with E-state index < -0.39 is 5.97 Å². The molecule has 0 heterocycles. The topological polar surface area (TPSA) is 66.6 Å². The van der Waals surface area contributed by atoms with Crippen LogP contribution in [0.1, 0.15) is 25.3 Å². The van der Waals surface area contributed by atoms with Crippen molar-refractivity contribution in [2.75, 3.05) is 6.54 Å². The van der Waals surface area contributed by atoms with Gasteiger partial charge in [0.25, 0.3) is 0 Å². The summed E-state index contributed by atoms with van der Waals surface area (Å²) in [5.74, 6) is -1.03. The number of carboxylic acids is 1. The van der Waals surface area contributed by atoms with Crippen LogP contribution in [-0.2, 0) is 11.3 Å². The van der Waals surface area contributed by atoms with Crippen molar-refractivity contribution in [2.24, 2.45) is 11.7 Å². The van der Waals surface area contributed by atoms with E-state index in [1.807, 2.05) is 18.2 Å². The molecule has 0 aliphatic heterocycles. The molecule has 1 aromatic rings. The predicted octanol–water partition coefficient (Wildman–Crippen LogP) is 2.88. The zero-order chi connectivity index (χ0) is 15.4. The molecule has 0 spiro atoms. The summed E-state index contributed by atoms with van der Waals surface area (Å²) in [5, 5.41) is 9.32. The van der Waals surface area contributed by atoms with Crippen molar-refractivity contribution >= 4 is 34.3 Å². The lowest BCUT2D eigenvalue weighted by atomic mass is 9.81. The summed E-state index contributed by atoms with van der Waals surface area (Å²) in [7, 11) is 0. The van der Waals surface area contributed by atoms with Crippen LogP contribution < -0.4 is 5.73 Å². The molecule has 0 aromatic heterocycles. The van der Waals surface area contributed by atoms with Gasteiger partial charge in [-0.2, -0.15) is 0 Å². The van der Waals surface area contributed by atoms with E-state index in [1.165, 1.54) is 5.56 Å². The summed E-state index contributed by atoms with van der Waals surface area (Å²) in [5.41, 5.74) is 7.57. The molecular weight excluding hydrogens is 368 g/mol. The lowest BCUT2D eigenvalue weighted by Gasteiger charge is -2.42. The van der Waals surface area contributed by atoms with Gasteiger partial charge in [0.2, 0.25) is 0 Å². The Balaban J connectivity index is 0.00000242. The minimum Gasteiger partial charge on any atom is -0.481 e. The molecule has 1 aromatic carbocycles. The van der Waals surface area contributed by atoms with Crippen molar-refractivity contribution in [3.8, 4) is 0 Å². The fourth-order valence-corrected chi connectivity index (χ4v) is 3.89. The second-order valence-corrected chi connectivity index (χ2v) is 6.89. The van der Waals surface area contributed by atoms with Crippen molar-refractivity contribution in [1.29, 1.82) is 0 Å². The molecule has 4 nitrogen and oxygen atoms in total. The molecular formula is C16H24BrClN2O2. The Bertz CT molecular complexity index is 474. The van der Waals surface area contributed by atoms with Crippen LogP contribution in [0.25, 0.3) is 0 Å². The van der Waals surface area contributed by atoms with Gasteiger partial charge in [-0.15, -0.1) is 12.4 Å². The summed E-state index contributed by atoms with van der Waals surface area (Å²) in [6, 6.07) is 10.3. The number of carbonyl (C=O) groups is 1. The quantitative estimate of drug-likeness (QED) is 0.757. The highest BCUT2D eigenvalue weighted by Gasteiger charge is 2.39. The number of hydrogen-bond donors (Lipinski definition) is 2. The number of nitrogens with zero attached hydrogens (tertiary/aromatic N) is 1. The van der Waals surface area contributed by atoms with Gasteiger partial charge in [-0.25, -0.2) is 0 Å². The van der Waals surface area contributed by atoms with Crippen LogP contribution in [0, 0.1) is 5.92 Å². The molecule has 6 heteroatoms. The Labute approximate surface area is 146 Å². The van der Waals surface area contributed by atoms with Gasteiger partial charge in [-0.3, -0.25) is 9.69 Å². The fourth-order valence-electron chi connectivity index (χ4n) is 3.09. The lowest BCUT2D eigenvalue weighted by Crippen LogP contribution is -2.56. The number of aliphatic carboxylic acids is 1. The number of nitrogens with two attached hydrogens (primary N) is 1. The fraction of sp³-hybridized carbons (Fsp3) is 0.562. The molecule has 3 N–H and O–H groups in total. The van der Waals surface area contributed by atoms with E-state index >= 15 is 0 Å². The van der Waals surface area contributed by atoms with Gasteiger partial charge in [0.15, 0.2) is 0 Å². The monoisotopic (exact) mass is 390 g/mol. The van der Waals surface area contributed by atoms with E-state index in [-0.39, 0.29) is 35.2 Å².